The Morgan fingerprint density at radius 2 is 1.62 bits per heavy atom. The fourth-order valence-corrected chi connectivity index (χ4v) is 2.91. The minimum Gasteiger partial charge on any atom is -0.489 e. The molecule has 0 aliphatic carbocycles. The summed E-state index contributed by atoms with van der Waals surface area (Å²) in [6.45, 7) is 2.41. The van der Waals surface area contributed by atoms with E-state index in [-0.39, 0.29) is 12.3 Å². The normalized spacial score (nSPS) is 11.7. The summed E-state index contributed by atoms with van der Waals surface area (Å²) < 4.78 is 5.88. The number of benzene rings is 3. The molecule has 3 rings (SSSR count). The van der Waals surface area contributed by atoms with Crippen molar-refractivity contribution in [2.45, 2.75) is 25.9 Å². The molecule has 3 heteroatoms. The van der Waals surface area contributed by atoms with Gasteiger partial charge in [-0.15, -0.1) is 0 Å². The van der Waals surface area contributed by atoms with E-state index < -0.39 is 5.97 Å². The maximum Gasteiger partial charge on any atom is 0.303 e. The summed E-state index contributed by atoms with van der Waals surface area (Å²) in [6, 6.07) is 26.3. The van der Waals surface area contributed by atoms with E-state index in [0.29, 0.717) is 6.61 Å². The standard InChI is InChI=1S/C23H22O3/c1-17(14-23(24)25)19-10-12-22(13-11-19)26-16-18-6-5-9-21(15-18)20-7-3-2-4-8-20/h2-13,15,17H,14,16H2,1H3,(H,24,25). The van der Waals surface area contributed by atoms with Crippen LogP contribution in [0.2, 0.25) is 0 Å². The summed E-state index contributed by atoms with van der Waals surface area (Å²) in [5.74, 6) is -0.0124. The van der Waals surface area contributed by atoms with E-state index in [1.807, 2.05) is 55.5 Å². The van der Waals surface area contributed by atoms with Crippen molar-refractivity contribution in [3.63, 3.8) is 0 Å². The van der Waals surface area contributed by atoms with Crippen LogP contribution in [0.4, 0.5) is 0 Å². The predicted octanol–water partition coefficient (Wildman–Crippen LogP) is 5.51. The zero-order valence-corrected chi connectivity index (χ0v) is 14.8. The summed E-state index contributed by atoms with van der Waals surface area (Å²) >= 11 is 0. The van der Waals surface area contributed by atoms with E-state index in [4.69, 9.17) is 9.84 Å². The first-order valence-electron chi connectivity index (χ1n) is 8.71. The lowest BCUT2D eigenvalue weighted by Crippen LogP contribution is -2.03. The lowest BCUT2D eigenvalue weighted by Gasteiger charge is -2.11. The van der Waals surface area contributed by atoms with Gasteiger partial charge in [0.05, 0.1) is 6.42 Å². The molecule has 1 N–H and O–H groups in total. The van der Waals surface area contributed by atoms with Crippen LogP contribution in [-0.4, -0.2) is 11.1 Å². The maximum absolute atomic E-state index is 10.8. The molecule has 0 saturated carbocycles. The Morgan fingerprint density at radius 1 is 0.923 bits per heavy atom. The average Bonchev–Trinajstić information content (AvgIpc) is 2.67. The van der Waals surface area contributed by atoms with E-state index in [2.05, 4.69) is 30.3 Å². The van der Waals surface area contributed by atoms with Crippen LogP contribution < -0.4 is 4.74 Å². The summed E-state index contributed by atoms with van der Waals surface area (Å²) in [4.78, 5) is 10.8. The fourth-order valence-electron chi connectivity index (χ4n) is 2.91. The summed E-state index contributed by atoms with van der Waals surface area (Å²) in [5, 5.41) is 8.89. The zero-order valence-electron chi connectivity index (χ0n) is 14.8. The van der Waals surface area contributed by atoms with E-state index in [1.165, 1.54) is 11.1 Å². The van der Waals surface area contributed by atoms with Crippen molar-refractivity contribution < 1.29 is 14.6 Å². The Morgan fingerprint density at radius 3 is 2.31 bits per heavy atom. The topological polar surface area (TPSA) is 46.5 Å². The average molecular weight is 346 g/mol. The predicted molar refractivity (Wildman–Crippen MR) is 103 cm³/mol. The van der Waals surface area contributed by atoms with Crippen LogP contribution in [0.5, 0.6) is 5.75 Å². The highest BCUT2D eigenvalue weighted by atomic mass is 16.5. The summed E-state index contributed by atoms with van der Waals surface area (Å²) in [5.41, 5.74) is 4.47. The van der Waals surface area contributed by atoms with Crippen molar-refractivity contribution in [3.05, 3.63) is 90.0 Å². The molecule has 0 radical (unpaired) electrons. The lowest BCUT2D eigenvalue weighted by molar-refractivity contribution is -0.137. The van der Waals surface area contributed by atoms with Crippen molar-refractivity contribution >= 4 is 5.97 Å². The molecule has 3 nitrogen and oxygen atoms in total. The summed E-state index contributed by atoms with van der Waals surface area (Å²) in [6.07, 6.45) is 0.131. The van der Waals surface area contributed by atoms with E-state index >= 15 is 0 Å². The van der Waals surface area contributed by atoms with E-state index in [1.54, 1.807) is 0 Å². The molecule has 0 fully saturated rings. The number of carboxylic acid groups (broad SMARTS) is 1. The molecule has 1 atom stereocenters. The van der Waals surface area contributed by atoms with Gasteiger partial charge in [-0.05, 0) is 46.4 Å². The number of ether oxygens (including phenoxy) is 1. The number of hydrogen-bond donors (Lipinski definition) is 1. The van der Waals surface area contributed by atoms with Gasteiger partial charge < -0.3 is 9.84 Å². The van der Waals surface area contributed by atoms with Crippen molar-refractivity contribution in [1.29, 1.82) is 0 Å². The molecule has 3 aromatic rings. The van der Waals surface area contributed by atoms with E-state index in [0.717, 1.165) is 16.9 Å². The molecule has 132 valence electrons. The van der Waals surface area contributed by atoms with Gasteiger partial charge in [-0.2, -0.15) is 0 Å². The third-order valence-corrected chi connectivity index (χ3v) is 4.37. The molecule has 1 unspecified atom stereocenters. The van der Waals surface area contributed by atoms with Gasteiger partial charge in [-0.3, -0.25) is 4.79 Å². The van der Waals surface area contributed by atoms with Crippen LogP contribution >= 0.6 is 0 Å². The van der Waals surface area contributed by atoms with Gasteiger partial charge in [0.25, 0.3) is 0 Å². The van der Waals surface area contributed by atoms with Crippen molar-refractivity contribution in [1.82, 2.24) is 0 Å². The Bertz CT molecular complexity index is 854. The second-order valence-corrected chi connectivity index (χ2v) is 6.42. The van der Waals surface area contributed by atoms with Gasteiger partial charge >= 0.3 is 5.97 Å². The molecular weight excluding hydrogens is 324 g/mol. The molecule has 0 amide bonds. The highest BCUT2D eigenvalue weighted by molar-refractivity contribution is 5.68. The van der Waals surface area contributed by atoms with Crippen molar-refractivity contribution in [2.24, 2.45) is 0 Å². The Hall–Kier alpha value is -3.07. The van der Waals surface area contributed by atoms with Crippen LogP contribution in [-0.2, 0) is 11.4 Å². The van der Waals surface area contributed by atoms with Crippen LogP contribution in [0.15, 0.2) is 78.9 Å². The van der Waals surface area contributed by atoms with Crippen LogP contribution in [0.3, 0.4) is 0 Å². The third-order valence-electron chi connectivity index (χ3n) is 4.37. The molecule has 0 aliphatic rings. The Balaban J connectivity index is 1.63. The third kappa shape index (κ3) is 4.73. The molecule has 0 aromatic heterocycles. The molecule has 0 aliphatic heterocycles. The fraction of sp³-hybridized carbons (Fsp3) is 0.174. The van der Waals surface area contributed by atoms with Crippen molar-refractivity contribution in [3.8, 4) is 16.9 Å². The van der Waals surface area contributed by atoms with Gasteiger partial charge in [-0.25, -0.2) is 0 Å². The molecular formula is C23H22O3. The van der Waals surface area contributed by atoms with E-state index in [9.17, 15) is 4.79 Å². The Kier molecular flexibility index (Phi) is 5.69. The molecule has 0 spiro atoms. The number of carbonyl (C=O) groups is 1. The minimum absolute atomic E-state index is 0.0101. The van der Waals surface area contributed by atoms with Crippen LogP contribution in [0, 0.1) is 0 Å². The number of rotatable bonds is 7. The molecule has 0 heterocycles. The first kappa shape index (κ1) is 17.7. The van der Waals surface area contributed by atoms with Crippen molar-refractivity contribution in [2.75, 3.05) is 0 Å². The maximum atomic E-state index is 10.8. The smallest absolute Gasteiger partial charge is 0.303 e. The van der Waals surface area contributed by atoms with Crippen LogP contribution in [0.25, 0.3) is 11.1 Å². The minimum atomic E-state index is -0.781. The SMILES string of the molecule is CC(CC(=O)O)c1ccc(OCc2cccc(-c3ccccc3)c2)cc1. The highest BCUT2D eigenvalue weighted by Gasteiger charge is 2.10. The molecule has 0 saturated heterocycles. The highest BCUT2D eigenvalue weighted by Crippen LogP contribution is 2.24. The van der Waals surface area contributed by atoms with Gasteiger partial charge in [0.2, 0.25) is 0 Å². The Labute approximate surface area is 153 Å². The van der Waals surface area contributed by atoms with Crippen LogP contribution in [0.1, 0.15) is 30.4 Å². The lowest BCUT2D eigenvalue weighted by atomic mass is 9.98. The quantitative estimate of drug-likeness (QED) is 0.613. The largest absolute Gasteiger partial charge is 0.489 e. The first-order chi connectivity index (χ1) is 12.6. The monoisotopic (exact) mass is 346 g/mol. The number of carboxylic acids is 1. The number of hydrogen-bond acceptors (Lipinski definition) is 2. The summed E-state index contributed by atoms with van der Waals surface area (Å²) in [7, 11) is 0. The zero-order chi connectivity index (χ0) is 18.4. The van der Waals surface area contributed by atoms with Gasteiger partial charge in [0.15, 0.2) is 0 Å². The molecule has 0 bridgehead atoms. The van der Waals surface area contributed by atoms with Gasteiger partial charge in [0.1, 0.15) is 12.4 Å². The number of aliphatic carboxylic acids is 1. The first-order valence-corrected chi connectivity index (χ1v) is 8.71. The van der Waals surface area contributed by atoms with Gasteiger partial charge in [0, 0.05) is 0 Å². The second-order valence-electron chi connectivity index (χ2n) is 6.42. The molecule has 26 heavy (non-hydrogen) atoms. The second kappa shape index (κ2) is 8.34. The molecule has 3 aromatic carbocycles. The van der Waals surface area contributed by atoms with Gasteiger partial charge in [-0.1, -0.05) is 67.6 Å².